The largest absolute Gasteiger partial charge is 0.340 e. The first-order valence-electron chi connectivity index (χ1n) is 10.1. The number of rotatable bonds is 7. The SMILES string of the molecule is Cc1ccc(Nc2cc(C)nc(Nc3ccc(NS(=O)(=O)c4ccc(F)cc4)cc3)n2)cc1. The van der Waals surface area contributed by atoms with E-state index in [0.29, 0.717) is 23.1 Å². The standard InChI is InChI=1S/C24H22FN5O2S/c1-16-3-7-19(8-4-16)27-23-15-17(2)26-24(29-23)28-20-9-11-21(12-10-20)30-33(31,32)22-13-5-18(25)6-14-22/h3-15,30H,1-2H3,(H2,26,27,28,29). The molecule has 0 atom stereocenters. The van der Waals surface area contributed by atoms with Gasteiger partial charge < -0.3 is 10.6 Å². The van der Waals surface area contributed by atoms with E-state index >= 15 is 0 Å². The molecule has 4 rings (SSSR count). The molecule has 4 aromatic rings. The van der Waals surface area contributed by atoms with Crippen LogP contribution in [0.1, 0.15) is 11.3 Å². The third-order valence-electron chi connectivity index (χ3n) is 4.70. The summed E-state index contributed by atoms with van der Waals surface area (Å²) in [6, 6.07) is 21.1. The number of nitrogens with zero attached hydrogens (tertiary/aromatic N) is 2. The van der Waals surface area contributed by atoms with Gasteiger partial charge in [0.15, 0.2) is 0 Å². The van der Waals surface area contributed by atoms with Gasteiger partial charge in [-0.3, -0.25) is 4.72 Å². The lowest BCUT2D eigenvalue weighted by Gasteiger charge is -2.11. The van der Waals surface area contributed by atoms with Crippen LogP contribution in [0.5, 0.6) is 0 Å². The minimum absolute atomic E-state index is 0.0205. The van der Waals surface area contributed by atoms with Gasteiger partial charge in [0.1, 0.15) is 11.6 Å². The van der Waals surface area contributed by atoms with E-state index in [9.17, 15) is 12.8 Å². The van der Waals surface area contributed by atoms with Crippen LogP contribution in [-0.2, 0) is 10.0 Å². The number of hydrogen-bond acceptors (Lipinski definition) is 6. The van der Waals surface area contributed by atoms with Crippen molar-refractivity contribution >= 4 is 38.9 Å². The van der Waals surface area contributed by atoms with Crippen molar-refractivity contribution in [3.63, 3.8) is 0 Å². The van der Waals surface area contributed by atoms with Crippen LogP contribution < -0.4 is 15.4 Å². The molecule has 0 radical (unpaired) electrons. The second-order valence-corrected chi connectivity index (χ2v) is 9.15. The van der Waals surface area contributed by atoms with Crippen LogP contribution in [0.25, 0.3) is 0 Å². The van der Waals surface area contributed by atoms with Gasteiger partial charge in [-0.15, -0.1) is 0 Å². The topological polar surface area (TPSA) is 96.0 Å². The number of hydrogen-bond donors (Lipinski definition) is 3. The van der Waals surface area contributed by atoms with Crippen LogP contribution >= 0.6 is 0 Å². The first-order valence-corrected chi connectivity index (χ1v) is 11.6. The Labute approximate surface area is 191 Å². The molecule has 0 fully saturated rings. The van der Waals surface area contributed by atoms with Crippen molar-refractivity contribution in [3.8, 4) is 0 Å². The summed E-state index contributed by atoms with van der Waals surface area (Å²) in [7, 11) is -3.82. The second-order valence-electron chi connectivity index (χ2n) is 7.47. The van der Waals surface area contributed by atoms with Gasteiger partial charge in [-0.2, -0.15) is 4.98 Å². The van der Waals surface area contributed by atoms with Gasteiger partial charge in [0.2, 0.25) is 5.95 Å². The number of aromatic nitrogens is 2. The van der Waals surface area contributed by atoms with Gasteiger partial charge in [-0.1, -0.05) is 17.7 Å². The predicted octanol–water partition coefficient (Wildman–Crippen LogP) is 5.52. The molecule has 3 aromatic carbocycles. The van der Waals surface area contributed by atoms with Gasteiger partial charge in [-0.05, 0) is 74.5 Å². The summed E-state index contributed by atoms with van der Waals surface area (Å²) in [5.74, 6) is 0.557. The summed E-state index contributed by atoms with van der Waals surface area (Å²) >= 11 is 0. The van der Waals surface area contributed by atoms with Gasteiger partial charge in [0, 0.05) is 28.8 Å². The van der Waals surface area contributed by atoms with E-state index in [1.807, 2.05) is 44.2 Å². The Hall–Kier alpha value is -3.98. The molecule has 0 saturated carbocycles. The summed E-state index contributed by atoms with van der Waals surface area (Å²) in [6.07, 6.45) is 0. The molecule has 3 N–H and O–H groups in total. The van der Waals surface area contributed by atoms with E-state index in [1.54, 1.807) is 24.3 Å². The number of benzene rings is 3. The number of aryl methyl sites for hydroxylation is 2. The molecular formula is C24H22FN5O2S. The van der Waals surface area contributed by atoms with Crippen molar-refractivity contribution in [2.45, 2.75) is 18.7 Å². The van der Waals surface area contributed by atoms with E-state index in [0.717, 1.165) is 23.5 Å². The van der Waals surface area contributed by atoms with Gasteiger partial charge in [-0.25, -0.2) is 17.8 Å². The fourth-order valence-electron chi connectivity index (χ4n) is 3.05. The van der Waals surface area contributed by atoms with E-state index in [4.69, 9.17) is 0 Å². The molecular weight excluding hydrogens is 441 g/mol. The highest BCUT2D eigenvalue weighted by atomic mass is 32.2. The Kier molecular flexibility index (Phi) is 6.23. The normalized spacial score (nSPS) is 11.1. The van der Waals surface area contributed by atoms with Crippen molar-refractivity contribution in [2.24, 2.45) is 0 Å². The van der Waals surface area contributed by atoms with Crippen LogP contribution in [0.15, 0.2) is 83.8 Å². The molecule has 0 aliphatic rings. The molecule has 0 aliphatic carbocycles. The van der Waals surface area contributed by atoms with Crippen molar-refractivity contribution in [2.75, 3.05) is 15.4 Å². The molecule has 0 amide bonds. The molecule has 7 nitrogen and oxygen atoms in total. The third kappa shape index (κ3) is 5.83. The highest BCUT2D eigenvalue weighted by molar-refractivity contribution is 7.92. The smallest absolute Gasteiger partial charge is 0.261 e. The Bertz CT molecular complexity index is 1360. The first kappa shape index (κ1) is 22.2. The van der Waals surface area contributed by atoms with Crippen molar-refractivity contribution in [1.82, 2.24) is 9.97 Å². The molecule has 0 spiro atoms. The average molecular weight is 464 g/mol. The molecule has 33 heavy (non-hydrogen) atoms. The minimum atomic E-state index is -3.82. The van der Waals surface area contributed by atoms with Crippen LogP contribution in [0, 0.1) is 19.7 Å². The molecule has 0 aliphatic heterocycles. The maximum absolute atomic E-state index is 13.1. The van der Waals surface area contributed by atoms with Crippen LogP contribution in [0.4, 0.5) is 33.2 Å². The van der Waals surface area contributed by atoms with E-state index in [2.05, 4.69) is 25.3 Å². The van der Waals surface area contributed by atoms with E-state index in [-0.39, 0.29) is 4.90 Å². The number of sulfonamides is 1. The zero-order valence-corrected chi connectivity index (χ0v) is 18.8. The fraction of sp³-hybridized carbons (Fsp3) is 0.0833. The maximum Gasteiger partial charge on any atom is 0.261 e. The molecule has 1 aromatic heterocycles. The van der Waals surface area contributed by atoms with Gasteiger partial charge in [0.25, 0.3) is 10.0 Å². The Morgan fingerprint density at radius 2 is 1.30 bits per heavy atom. The lowest BCUT2D eigenvalue weighted by molar-refractivity contribution is 0.599. The lowest BCUT2D eigenvalue weighted by atomic mass is 10.2. The maximum atomic E-state index is 13.1. The van der Waals surface area contributed by atoms with Crippen molar-refractivity contribution < 1.29 is 12.8 Å². The van der Waals surface area contributed by atoms with Crippen molar-refractivity contribution in [1.29, 1.82) is 0 Å². The summed E-state index contributed by atoms with van der Waals surface area (Å²) in [6.45, 7) is 3.90. The highest BCUT2D eigenvalue weighted by Crippen LogP contribution is 2.22. The molecule has 0 bridgehead atoms. The molecule has 0 saturated heterocycles. The Morgan fingerprint density at radius 1 is 0.727 bits per heavy atom. The molecule has 0 unspecified atom stereocenters. The van der Waals surface area contributed by atoms with Crippen molar-refractivity contribution in [3.05, 3.63) is 95.9 Å². The zero-order valence-electron chi connectivity index (χ0n) is 18.0. The average Bonchev–Trinajstić information content (AvgIpc) is 2.76. The van der Waals surface area contributed by atoms with Crippen LogP contribution in [0.2, 0.25) is 0 Å². The predicted molar refractivity (Wildman–Crippen MR) is 128 cm³/mol. The van der Waals surface area contributed by atoms with Crippen LogP contribution in [0.3, 0.4) is 0 Å². The number of anilines is 5. The molecule has 168 valence electrons. The highest BCUT2D eigenvalue weighted by Gasteiger charge is 2.14. The summed E-state index contributed by atoms with van der Waals surface area (Å²) in [5.41, 5.74) is 3.93. The molecule has 1 heterocycles. The van der Waals surface area contributed by atoms with Crippen LogP contribution in [-0.4, -0.2) is 18.4 Å². The van der Waals surface area contributed by atoms with E-state index < -0.39 is 15.8 Å². The lowest BCUT2D eigenvalue weighted by Crippen LogP contribution is -2.12. The van der Waals surface area contributed by atoms with E-state index in [1.165, 1.54) is 17.7 Å². The minimum Gasteiger partial charge on any atom is -0.340 e. The summed E-state index contributed by atoms with van der Waals surface area (Å²) in [4.78, 5) is 8.89. The second kappa shape index (κ2) is 9.25. The summed E-state index contributed by atoms with van der Waals surface area (Å²) in [5, 5.41) is 6.39. The third-order valence-corrected chi connectivity index (χ3v) is 6.09. The zero-order chi connectivity index (χ0) is 23.4. The first-order chi connectivity index (χ1) is 15.8. The van der Waals surface area contributed by atoms with Gasteiger partial charge >= 0.3 is 0 Å². The summed E-state index contributed by atoms with van der Waals surface area (Å²) < 4.78 is 40.5. The Morgan fingerprint density at radius 3 is 1.97 bits per heavy atom. The van der Waals surface area contributed by atoms with Gasteiger partial charge in [0.05, 0.1) is 4.90 Å². The quantitative estimate of drug-likeness (QED) is 0.334. The number of halogens is 1. The number of nitrogens with one attached hydrogen (secondary N) is 3. The Balaban J connectivity index is 1.46. The molecule has 9 heteroatoms. The fourth-order valence-corrected chi connectivity index (χ4v) is 4.11. The monoisotopic (exact) mass is 463 g/mol.